The summed E-state index contributed by atoms with van der Waals surface area (Å²) in [6.45, 7) is -0.0106. The first-order valence-electron chi connectivity index (χ1n) is 9.80. The topological polar surface area (TPSA) is 91.8 Å². The molecule has 33 heavy (non-hydrogen) atoms. The van der Waals surface area contributed by atoms with Crippen molar-refractivity contribution in [1.82, 2.24) is 4.98 Å². The Hall–Kier alpha value is -3.98. The molecule has 0 atom stereocenters. The van der Waals surface area contributed by atoms with E-state index in [9.17, 15) is 17.6 Å². The third-order valence-electron chi connectivity index (χ3n) is 5.30. The van der Waals surface area contributed by atoms with Gasteiger partial charge < -0.3 is 14.2 Å². The minimum Gasteiger partial charge on any atom is -0.497 e. The second-order valence-corrected chi connectivity index (χ2v) is 9.13. The predicted molar refractivity (Wildman–Crippen MR) is 116 cm³/mol. The van der Waals surface area contributed by atoms with Gasteiger partial charge in [-0.3, -0.25) is 9.78 Å². The fourth-order valence-electron chi connectivity index (χ4n) is 3.64. The van der Waals surface area contributed by atoms with Crippen LogP contribution in [0.4, 0.5) is 4.39 Å². The van der Waals surface area contributed by atoms with Gasteiger partial charge in [0.1, 0.15) is 11.6 Å². The van der Waals surface area contributed by atoms with Crippen LogP contribution in [0.15, 0.2) is 76.7 Å². The molecule has 1 aliphatic rings. The van der Waals surface area contributed by atoms with Gasteiger partial charge in [-0.05, 0) is 54.6 Å². The van der Waals surface area contributed by atoms with E-state index in [1.54, 1.807) is 30.3 Å². The van der Waals surface area contributed by atoms with Gasteiger partial charge in [-0.15, -0.1) is 0 Å². The molecular formula is C24H16FNO6S. The maximum Gasteiger partial charge on any atom is 0.231 e. The molecule has 0 N–H and O–H groups in total. The maximum atomic E-state index is 13.7. The van der Waals surface area contributed by atoms with Gasteiger partial charge in [0.25, 0.3) is 0 Å². The molecular weight excluding hydrogens is 449 g/mol. The molecule has 0 unspecified atom stereocenters. The van der Waals surface area contributed by atoms with Crippen LogP contribution in [0.2, 0.25) is 0 Å². The number of benzene rings is 3. The Morgan fingerprint density at radius 3 is 2.33 bits per heavy atom. The summed E-state index contributed by atoms with van der Waals surface area (Å²) >= 11 is 0. The SMILES string of the molecule is COc1ccc(C(=O)c2cnc3cc4c(cc3c2S(=O)(=O)c2ccc(F)cc2)OCO4)cc1. The molecule has 0 fully saturated rings. The second kappa shape index (κ2) is 7.86. The lowest BCUT2D eigenvalue weighted by Gasteiger charge is -2.14. The fraction of sp³-hybridized carbons (Fsp3) is 0.0833. The van der Waals surface area contributed by atoms with Crippen LogP contribution in [-0.2, 0) is 9.84 Å². The second-order valence-electron chi connectivity index (χ2n) is 7.24. The van der Waals surface area contributed by atoms with E-state index in [1.807, 2.05) is 0 Å². The number of halogens is 1. The van der Waals surface area contributed by atoms with Crippen molar-refractivity contribution in [2.24, 2.45) is 0 Å². The Kier molecular flexibility index (Phi) is 4.98. The fourth-order valence-corrected chi connectivity index (χ4v) is 5.26. The predicted octanol–water partition coefficient (Wildman–Crippen LogP) is 4.18. The minimum absolute atomic E-state index is 0.0106. The van der Waals surface area contributed by atoms with Crippen LogP contribution in [0, 0.1) is 5.82 Å². The van der Waals surface area contributed by atoms with Gasteiger partial charge in [-0.25, -0.2) is 12.8 Å². The van der Waals surface area contributed by atoms with E-state index in [0.29, 0.717) is 22.8 Å². The third kappa shape index (κ3) is 3.56. The van der Waals surface area contributed by atoms with E-state index in [-0.39, 0.29) is 33.1 Å². The molecule has 1 aromatic heterocycles. The van der Waals surface area contributed by atoms with E-state index in [1.165, 1.54) is 19.4 Å². The van der Waals surface area contributed by atoms with Crippen LogP contribution in [0.1, 0.15) is 15.9 Å². The normalized spacial score (nSPS) is 12.7. The zero-order chi connectivity index (χ0) is 23.2. The molecule has 4 aromatic rings. The summed E-state index contributed by atoms with van der Waals surface area (Å²) in [5, 5.41) is 0.197. The van der Waals surface area contributed by atoms with Crippen molar-refractivity contribution < 1.29 is 31.8 Å². The number of carbonyl (C=O) groups excluding carboxylic acids is 1. The summed E-state index contributed by atoms with van der Waals surface area (Å²) in [6.07, 6.45) is 1.23. The van der Waals surface area contributed by atoms with Crippen LogP contribution in [-0.4, -0.2) is 33.1 Å². The molecule has 7 nitrogen and oxygen atoms in total. The highest BCUT2D eigenvalue weighted by molar-refractivity contribution is 7.91. The number of fused-ring (bicyclic) bond motifs is 2. The molecule has 1 aliphatic heterocycles. The van der Waals surface area contributed by atoms with Crippen molar-refractivity contribution >= 4 is 26.5 Å². The molecule has 9 heteroatoms. The highest BCUT2D eigenvalue weighted by Gasteiger charge is 2.30. The molecule has 0 radical (unpaired) electrons. The van der Waals surface area contributed by atoms with Gasteiger partial charge in [0.2, 0.25) is 16.6 Å². The van der Waals surface area contributed by atoms with Gasteiger partial charge in [-0.1, -0.05) is 0 Å². The number of rotatable bonds is 5. The van der Waals surface area contributed by atoms with E-state index >= 15 is 0 Å². The van der Waals surface area contributed by atoms with Gasteiger partial charge in [0, 0.05) is 23.2 Å². The van der Waals surface area contributed by atoms with Crippen LogP contribution in [0.5, 0.6) is 17.2 Å². The Balaban J connectivity index is 1.78. The van der Waals surface area contributed by atoms with Gasteiger partial charge in [0.05, 0.1) is 28.0 Å². The lowest BCUT2D eigenvalue weighted by atomic mass is 10.0. The Bertz CT molecular complexity index is 1500. The minimum atomic E-state index is -4.24. The number of ketones is 1. The quantitative estimate of drug-likeness (QED) is 0.323. The molecule has 2 heterocycles. The number of sulfone groups is 1. The molecule has 0 aliphatic carbocycles. The monoisotopic (exact) mass is 465 g/mol. The lowest BCUT2D eigenvalue weighted by Crippen LogP contribution is -2.13. The van der Waals surface area contributed by atoms with E-state index in [2.05, 4.69) is 4.98 Å². The summed E-state index contributed by atoms with van der Waals surface area (Å²) in [4.78, 5) is 17.3. The molecule has 3 aromatic carbocycles. The van der Waals surface area contributed by atoms with Crippen molar-refractivity contribution in [2.45, 2.75) is 9.79 Å². The zero-order valence-corrected chi connectivity index (χ0v) is 18.1. The van der Waals surface area contributed by atoms with Gasteiger partial charge in [0.15, 0.2) is 17.3 Å². The number of carbonyl (C=O) groups is 1. The number of nitrogens with zero attached hydrogens (tertiary/aromatic N) is 1. The number of ether oxygens (including phenoxy) is 3. The largest absolute Gasteiger partial charge is 0.497 e. The van der Waals surface area contributed by atoms with Crippen molar-refractivity contribution in [3.05, 3.63) is 83.8 Å². The first-order valence-corrected chi connectivity index (χ1v) is 11.3. The standard InChI is InChI=1S/C24H16FNO6S/c1-30-16-6-2-14(3-7-16)23(27)19-12-26-20-11-22-21(31-13-32-22)10-18(20)24(19)33(28,29)17-8-4-15(25)5-9-17/h2-12H,13H2,1H3. The van der Waals surface area contributed by atoms with Crippen molar-refractivity contribution in [3.63, 3.8) is 0 Å². The summed E-state index contributed by atoms with van der Waals surface area (Å²) in [5.74, 6) is 0.204. The molecule has 0 spiro atoms. The van der Waals surface area contributed by atoms with Crippen LogP contribution >= 0.6 is 0 Å². The summed E-state index contributed by atoms with van der Waals surface area (Å²) < 4.78 is 56.8. The number of hydrogen-bond acceptors (Lipinski definition) is 7. The number of pyridine rings is 1. The molecule has 166 valence electrons. The average molecular weight is 465 g/mol. The van der Waals surface area contributed by atoms with E-state index in [4.69, 9.17) is 14.2 Å². The lowest BCUT2D eigenvalue weighted by molar-refractivity contribution is 0.103. The molecule has 5 rings (SSSR count). The zero-order valence-electron chi connectivity index (χ0n) is 17.2. The van der Waals surface area contributed by atoms with Gasteiger partial charge >= 0.3 is 0 Å². The number of hydrogen-bond donors (Lipinski definition) is 0. The molecule has 0 saturated carbocycles. The highest BCUT2D eigenvalue weighted by Crippen LogP contribution is 2.40. The Morgan fingerprint density at radius 1 is 1.00 bits per heavy atom. The molecule has 0 bridgehead atoms. The first kappa shape index (κ1) is 20.9. The Morgan fingerprint density at radius 2 is 1.67 bits per heavy atom. The van der Waals surface area contributed by atoms with E-state index < -0.39 is 21.4 Å². The van der Waals surface area contributed by atoms with Gasteiger partial charge in [-0.2, -0.15) is 0 Å². The van der Waals surface area contributed by atoms with Crippen molar-refractivity contribution in [3.8, 4) is 17.2 Å². The highest BCUT2D eigenvalue weighted by atomic mass is 32.2. The summed E-state index contributed by atoms with van der Waals surface area (Å²) in [5.41, 5.74) is 0.454. The molecule has 0 saturated heterocycles. The first-order chi connectivity index (χ1) is 15.9. The van der Waals surface area contributed by atoms with Crippen LogP contribution < -0.4 is 14.2 Å². The van der Waals surface area contributed by atoms with Crippen molar-refractivity contribution in [1.29, 1.82) is 0 Å². The van der Waals surface area contributed by atoms with E-state index in [0.717, 1.165) is 24.3 Å². The molecule has 0 amide bonds. The smallest absolute Gasteiger partial charge is 0.231 e. The number of methoxy groups -OCH3 is 1. The van der Waals surface area contributed by atoms with Crippen molar-refractivity contribution in [2.75, 3.05) is 13.9 Å². The van der Waals surface area contributed by atoms with Crippen LogP contribution in [0.25, 0.3) is 10.9 Å². The third-order valence-corrected chi connectivity index (χ3v) is 7.17. The number of aromatic nitrogens is 1. The average Bonchev–Trinajstić information content (AvgIpc) is 3.29. The Labute approximate surface area is 188 Å². The summed E-state index contributed by atoms with van der Waals surface area (Å²) in [6, 6.07) is 13.8. The summed E-state index contributed by atoms with van der Waals surface area (Å²) in [7, 11) is -2.74. The maximum absolute atomic E-state index is 13.7. The van der Waals surface area contributed by atoms with Crippen LogP contribution in [0.3, 0.4) is 0 Å².